The summed E-state index contributed by atoms with van der Waals surface area (Å²) < 4.78 is 0. The number of fused-ring (bicyclic) bond motifs is 1. The van der Waals surface area contributed by atoms with Gasteiger partial charge >= 0.3 is 0 Å². The molecule has 3 rings (SSSR count). The van der Waals surface area contributed by atoms with Gasteiger partial charge in [0, 0.05) is 5.75 Å². The highest BCUT2D eigenvalue weighted by molar-refractivity contribution is 7.99. The van der Waals surface area contributed by atoms with E-state index in [0.717, 1.165) is 17.0 Å². The smallest absolute Gasteiger partial charge is 0.250 e. The van der Waals surface area contributed by atoms with Crippen molar-refractivity contribution in [1.82, 2.24) is 5.43 Å². The molecule has 0 atom stereocenters. The fourth-order valence-electron chi connectivity index (χ4n) is 2.63. The Kier molecular flexibility index (Phi) is 6.08. The summed E-state index contributed by atoms with van der Waals surface area (Å²) in [5.41, 5.74) is 6.88. The van der Waals surface area contributed by atoms with Crippen LogP contribution in [0.2, 0.25) is 0 Å². The molecule has 0 fully saturated rings. The van der Waals surface area contributed by atoms with Crippen molar-refractivity contribution in [3.05, 3.63) is 83.4 Å². The fourth-order valence-corrected chi connectivity index (χ4v) is 3.40. The molecule has 3 aromatic carbocycles. The zero-order chi connectivity index (χ0) is 18.4. The van der Waals surface area contributed by atoms with Crippen molar-refractivity contribution in [2.24, 2.45) is 5.10 Å². The van der Waals surface area contributed by atoms with Crippen LogP contribution in [0.5, 0.6) is 0 Å². The molecule has 26 heavy (non-hydrogen) atoms. The molecule has 1 N–H and O–H groups in total. The lowest BCUT2D eigenvalue weighted by molar-refractivity contribution is -0.118. The second-order valence-electron chi connectivity index (χ2n) is 6.27. The van der Waals surface area contributed by atoms with E-state index in [1.807, 2.05) is 50.2 Å². The lowest BCUT2D eigenvalue weighted by Gasteiger charge is -2.05. The lowest BCUT2D eigenvalue weighted by atomic mass is 10.1. The molecule has 0 aliphatic rings. The van der Waals surface area contributed by atoms with Crippen molar-refractivity contribution >= 4 is 34.2 Å². The minimum absolute atomic E-state index is 0.0812. The van der Waals surface area contributed by atoms with Crippen LogP contribution in [-0.2, 0) is 10.5 Å². The normalized spacial score (nSPS) is 11.5. The standard InChI is InChI=1S/C22H22N2OS/c1-16-7-10-19(11-8-16)17(2)23-24-22(25)15-26-14-18-9-12-20-5-3-4-6-21(20)13-18/h3-13H,14-15H2,1-2H3,(H,24,25)/b23-17-. The topological polar surface area (TPSA) is 41.5 Å². The first kappa shape index (κ1) is 18.2. The van der Waals surface area contributed by atoms with Gasteiger partial charge in [-0.15, -0.1) is 11.8 Å². The van der Waals surface area contributed by atoms with Crippen molar-refractivity contribution in [2.75, 3.05) is 5.75 Å². The zero-order valence-electron chi connectivity index (χ0n) is 15.0. The second kappa shape index (κ2) is 8.68. The van der Waals surface area contributed by atoms with Gasteiger partial charge in [0.1, 0.15) is 0 Å². The van der Waals surface area contributed by atoms with Crippen molar-refractivity contribution in [2.45, 2.75) is 19.6 Å². The van der Waals surface area contributed by atoms with Crippen LogP contribution in [0.25, 0.3) is 10.8 Å². The van der Waals surface area contributed by atoms with Crippen molar-refractivity contribution in [1.29, 1.82) is 0 Å². The maximum absolute atomic E-state index is 12.0. The van der Waals surface area contributed by atoms with Crippen LogP contribution < -0.4 is 5.43 Å². The highest BCUT2D eigenvalue weighted by Gasteiger charge is 2.03. The van der Waals surface area contributed by atoms with E-state index in [2.05, 4.69) is 40.9 Å². The van der Waals surface area contributed by atoms with Crippen LogP contribution in [-0.4, -0.2) is 17.4 Å². The SMILES string of the molecule is C/C(=N/NC(=O)CSCc1ccc2ccccc2c1)c1ccc(C)cc1. The lowest BCUT2D eigenvalue weighted by Crippen LogP contribution is -2.21. The highest BCUT2D eigenvalue weighted by Crippen LogP contribution is 2.19. The molecule has 0 radical (unpaired) electrons. The summed E-state index contributed by atoms with van der Waals surface area (Å²) in [4.78, 5) is 12.0. The van der Waals surface area contributed by atoms with Crippen molar-refractivity contribution in [3.8, 4) is 0 Å². The molecular weight excluding hydrogens is 340 g/mol. The maximum atomic E-state index is 12.0. The summed E-state index contributed by atoms with van der Waals surface area (Å²) in [5.74, 6) is 1.11. The van der Waals surface area contributed by atoms with Crippen LogP contribution in [0, 0.1) is 6.92 Å². The maximum Gasteiger partial charge on any atom is 0.250 e. The Morgan fingerprint density at radius 1 is 1.00 bits per heavy atom. The average molecular weight is 362 g/mol. The molecule has 0 aromatic heterocycles. The summed E-state index contributed by atoms with van der Waals surface area (Å²) in [6.45, 7) is 3.94. The summed E-state index contributed by atoms with van der Waals surface area (Å²) in [6, 6.07) is 22.8. The summed E-state index contributed by atoms with van der Waals surface area (Å²) >= 11 is 1.59. The van der Waals surface area contributed by atoms with Gasteiger partial charge in [0.25, 0.3) is 0 Å². The van der Waals surface area contributed by atoms with Gasteiger partial charge in [0.2, 0.25) is 5.91 Å². The largest absolute Gasteiger partial charge is 0.272 e. The Morgan fingerprint density at radius 3 is 2.50 bits per heavy atom. The number of thioether (sulfide) groups is 1. The number of hydrogen-bond donors (Lipinski definition) is 1. The monoisotopic (exact) mass is 362 g/mol. The minimum atomic E-state index is -0.0812. The van der Waals surface area contributed by atoms with E-state index in [0.29, 0.717) is 5.75 Å². The molecule has 0 saturated heterocycles. The molecule has 3 nitrogen and oxygen atoms in total. The third kappa shape index (κ3) is 4.96. The molecular formula is C22H22N2OS. The van der Waals surface area contributed by atoms with Crippen LogP contribution in [0.15, 0.2) is 71.8 Å². The predicted molar refractivity (Wildman–Crippen MR) is 112 cm³/mol. The first-order valence-corrected chi connectivity index (χ1v) is 9.73. The van der Waals surface area contributed by atoms with E-state index in [9.17, 15) is 4.79 Å². The van der Waals surface area contributed by atoms with Gasteiger partial charge in [-0.25, -0.2) is 5.43 Å². The summed E-state index contributed by atoms with van der Waals surface area (Å²) in [5, 5.41) is 6.66. The van der Waals surface area contributed by atoms with E-state index in [1.54, 1.807) is 11.8 Å². The zero-order valence-corrected chi connectivity index (χ0v) is 15.8. The van der Waals surface area contributed by atoms with E-state index in [4.69, 9.17) is 0 Å². The van der Waals surface area contributed by atoms with Crippen molar-refractivity contribution in [3.63, 3.8) is 0 Å². The van der Waals surface area contributed by atoms with Gasteiger partial charge in [-0.2, -0.15) is 5.10 Å². The van der Waals surface area contributed by atoms with Gasteiger partial charge in [-0.05, 0) is 35.7 Å². The molecule has 0 unspecified atom stereocenters. The molecule has 0 spiro atoms. The number of amides is 1. The molecule has 0 saturated carbocycles. The van der Waals surface area contributed by atoms with Crippen LogP contribution in [0.3, 0.4) is 0 Å². The molecule has 3 aromatic rings. The average Bonchev–Trinajstić information content (AvgIpc) is 2.66. The molecule has 0 bridgehead atoms. The van der Waals surface area contributed by atoms with Gasteiger partial charge in [-0.1, -0.05) is 72.3 Å². The Labute approximate surface area is 158 Å². The van der Waals surface area contributed by atoms with Crippen LogP contribution >= 0.6 is 11.8 Å². The number of hydrogen-bond acceptors (Lipinski definition) is 3. The van der Waals surface area contributed by atoms with Crippen LogP contribution in [0.4, 0.5) is 0 Å². The number of aryl methyl sites for hydroxylation is 1. The molecule has 0 heterocycles. The second-order valence-corrected chi connectivity index (χ2v) is 7.26. The predicted octanol–water partition coefficient (Wildman–Crippen LogP) is 4.92. The number of carbonyl (C=O) groups is 1. The molecule has 1 amide bonds. The number of nitrogens with zero attached hydrogens (tertiary/aromatic N) is 1. The van der Waals surface area contributed by atoms with Gasteiger partial charge in [0.15, 0.2) is 0 Å². The molecule has 0 aliphatic heterocycles. The van der Waals surface area contributed by atoms with Gasteiger partial charge < -0.3 is 0 Å². The fraction of sp³-hybridized carbons (Fsp3) is 0.182. The number of rotatable bonds is 6. The third-order valence-corrected chi connectivity index (χ3v) is 5.14. The number of nitrogens with one attached hydrogen (secondary N) is 1. The Hall–Kier alpha value is -2.59. The molecule has 0 aliphatic carbocycles. The third-order valence-electron chi connectivity index (χ3n) is 4.13. The highest BCUT2D eigenvalue weighted by atomic mass is 32.2. The Bertz CT molecular complexity index is 932. The molecule has 132 valence electrons. The van der Waals surface area contributed by atoms with Crippen molar-refractivity contribution < 1.29 is 4.79 Å². The Morgan fingerprint density at radius 2 is 1.73 bits per heavy atom. The van der Waals surface area contributed by atoms with E-state index in [-0.39, 0.29) is 5.91 Å². The van der Waals surface area contributed by atoms with E-state index >= 15 is 0 Å². The quantitative estimate of drug-likeness (QED) is 0.499. The molecule has 4 heteroatoms. The van der Waals surface area contributed by atoms with Gasteiger partial charge in [0.05, 0.1) is 11.5 Å². The summed E-state index contributed by atoms with van der Waals surface area (Å²) in [6.07, 6.45) is 0. The summed E-state index contributed by atoms with van der Waals surface area (Å²) in [7, 11) is 0. The number of hydrazone groups is 1. The van der Waals surface area contributed by atoms with Crippen LogP contribution in [0.1, 0.15) is 23.6 Å². The Balaban J connectivity index is 1.49. The first-order chi connectivity index (χ1) is 12.6. The van der Waals surface area contributed by atoms with Gasteiger partial charge in [-0.3, -0.25) is 4.79 Å². The number of benzene rings is 3. The minimum Gasteiger partial charge on any atom is -0.272 e. The first-order valence-electron chi connectivity index (χ1n) is 8.57. The van der Waals surface area contributed by atoms with E-state index in [1.165, 1.54) is 21.9 Å². The number of carbonyl (C=O) groups excluding carboxylic acids is 1. The van der Waals surface area contributed by atoms with E-state index < -0.39 is 0 Å².